The fourth-order valence-corrected chi connectivity index (χ4v) is 3.50. The molecule has 2 heterocycles. The van der Waals surface area contributed by atoms with Crippen LogP contribution in [-0.2, 0) is 0 Å². The number of halogens is 1. The second kappa shape index (κ2) is 4.87. The number of aldehydes is 1. The Hall–Kier alpha value is -1.11. The number of benzene rings is 1. The second-order valence-electron chi connectivity index (χ2n) is 3.53. The van der Waals surface area contributed by atoms with Gasteiger partial charge in [0.2, 0.25) is 0 Å². The predicted octanol–water partition coefficient (Wildman–Crippen LogP) is 4.12. The van der Waals surface area contributed by atoms with Crippen molar-refractivity contribution in [2.75, 3.05) is 0 Å². The molecular formula is C12H7BrN2OS2. The largest absolute Gasteiger partial charge is 0.296 e. The van der Waals surface area contributed by atoms with Gasteiger partial charge in [0.05, 0.1) is 0 Å². The van der Waals surface area contributed by atoms with Crippen molar-refractivity contribution < 1.29 is 4.79 Å². The summed E-state index contributed by atoms with van der Waals surface area (Å²) in [4.78, 5) is 17.5. The number of hydrogen-bond acceptors (Lipinski definition) is 4. The number of nitrogens with zero attached hydrogens (tertiary/aromatic N) is 2. The number of carbonyl (C=O) groups is 1. The van der Waals surface area contributed by atoms with E-state index >= 15 is 0 Å². The van der Waals surface area contributed by atoms with Crippen molar-refractivity contribution in [3.05, 3.63) is 46.0 Å². The van der Waals surface area contributed by atoms with Crippen LogP contribution in [0.3, 0.4) is 0 Å². The zero-order valence-electron chi connectivity index (χ0n) is 9.04. The molecule has 0 unspecified atom stereocenters. The van der Waals surface area contributed by atoms with Gasteiger partial charge in [-0.15, -0.1) is 11.3 Å². The van der Waals surface area contributed by atoms with Crippen molar-refractivity contribution in [2.45, 2.75) is 9.92 Å². The van der Waals surface area contributed by atoms with Crippen LogP contribution in [0.15, 0.2) is 50.2 Å². The average molecular weight is 339 g/mol. The maximum Gasteiger partial charge on any atom is 0.195 e. The molecule has 0 saturated heterocycles. The molecule has 2 aromatic heterocycles. The molecule has 0 aliphatic carbocycles. The molecule has 18 heavy (non-hydrogen) atoms. The van der Waals surface area contributed by atoms with Gasteiger partial charge in [-0.1, -0.05) is 27.7 Å². The summed E-state index contributed by atoms with van der Waals surface area (Å²) >= 11 is 6.42. The van der Waals surface area contributed by atoms with Crippen molar-refractivity contribution in [3.63, 3.8) is 0 Å². The minimum Gasteiger partial charge on any atom is -0.296 e. The van der Waals surface area contributed by atoms with E-state index in [1.807, 2.05) is 40.2 Å². The van der Waals surface area contributed by atoms with E-state index < -0.39 is 0 Å². The molecule has 0 bridgehead atoms. The van der Waals surface area contributed by atoms with Crippen molar-refractivity contribution >= 4 is 50.3 Å². The Morgan fingerprint density at radius 3 is 2.83 bits per heavy atom. The number of fused-ring (bicyclic) bond motifs is 1. The first-order valence-electron chi connectivity index (χ1n) is 5.12. The summed E-state index contributed by atoms with van der Waals surface area (Å²) in [5.41, 5.74) is 0.610. The zero-order valence-corrected chi connectivity index (χ0v) is 12.3. The maximum absolute atomic E-state index is 11.2. The number of carbonyl (C=O) groups excluding carboxylic acids is 1. The van der Waals surface area contributed by atoms with Gasteiger partial charge in [-0.05, 0) is 24.3 Å². The van der Waals surface area contributed by atoms with E-state index in [0.29, 0.717) is 5.69 Å². The van der Waals surface area contributed by atoms with Gasteiger partial charge in [0.25, 0.3) is 0 Å². The molecule has 3 nitrogen and oxygen atoms in total. The van der Waals surface area contributed by atoms with Crippen molar-refractivity contribution in [1.29, 1.82) is 0 Å². The fourth-order valence-electron chi connectivity index (χ4n) is 1.58. The lowest BCUT2D eigenvalue weighted by molar-refractivity contribution is 0.111. The first kappa shape index (κ1) is 12.0. The summed E-state index contributed by atoms with van der Waals surface area (Å²) < 4.78 is 2.85. The van der Waals surface area contributed by atoms with Crippen LogP contribution in [0.5, 0.6) is 0 Å². The first-order chi connectivity index (χ1) is 8.78. The smallest absolute Gasteiger partial charge is 0.195 e. The van der Waals surface area contributed by atoms with E-state index in [2.05, 4.69) is 20.9 Å². The molecule has 1 aromatic carbocycles. The van der Waals surface area contributed by atoms with E-state index in [-0.39, 0.29) is 0 Å². The highest BCUT2D eigenvalue weighted by Crippen LogP contribution is 2.31. The Labute approximate surface area is 120 Å². The van der Waals surface area contributed by atoms with Gasteiger partial charge in [-0.25, -0.2) is 4.98 Å². The average Bonchev–Trinajstić information content (AvgIpc) is 2.92. The molecule has 0 fully saturated rings. The minimum absolute atomic E-state index is 0.610. The van der Waals surface area contributed by atoms with Crippen LogP contribution in [0.1, 0.15) is 10.5 Å². The number of thiazole rings is 1. The van der Waals surface area contributed by atoms with E-state index in [0.717, 1.165) is 25.6 Å². The highest BCUT2D eigenvalue weighted by Gasteiger charge is 2.13. The first-order valence-corrected chi connectivity index (χ1v) is 7.61. The summed E-state index contributed by atoms with van der Waals surface area (Å²) in [6.07, 6.45) is 2.72. The maximum atomic E-state index is 11.2. The fraction of sp³-hybridized carbons (Fsp3) is 0. The lowest BCUT2D eigenvalue weighted by Crippen LogP contribution is -1.88. The Balaban J connectivity index is 2.01. The van der Waals surface area contributed by atoms with Gasteiger partial charge in [0, 0.05) is 20.9 Å². The molecule has 90 valence electrons. The van der Waals surface area contributed by atoms with Gasteiger partial charge in [0.15, 0.2) is 11.2 Å². The quantitative estimate of drug-likeness (QED) is 0.673. The van der Waals surface area contributed by atoms with Gasteiger partial charge < -0.3 is 0 Å². The molecule has 3 aromatic rings. The third-order valence-electron chi connectivity index (χ3n) is 2.41. The van der Waals surface area contributed by atoms with Crippen LogP contribution < -0.4 is 0 Å². The van der Waals surface area contributed by atoms with Gasteiger partial charge >= 0.3 is 0 Å². The summed E-state index contributed by atoms with van der Waals surface area (Å²) in [5, 5.41) is 2.67. The molecule has 0 atom stereocenters. The molecule has 0 spiro atoms. The van der Waals surface area contributed by atoms with E-state index in [1.54, 1.807) is 0 Å². The SMILES string of the molecule is O=Cc1c(Sc2ccc(Br)cc2)nc2sccn12. The van der Waals surface area contributed by atoms with Crippen LogP contribution in [0.2, 0.25) is 0 Å². The summed E-state index contributed by atoms with van der Waals surface area (Å²) in [5.74, 6) is 0. The van der Waals surface area contributed by atoms with E-state index in [1.165, 1.54) is 23.1 Å². The Morgan fingerprint density at radius 2 is 2.11 bits per heavy atom. The van der Waals surface area contributed by atoms with Gasteiger partial charge in [-0.3, -0.25) is 9.20 Å². The summed E-state index contributed by atoms with van der Waals surface area (Å²) in [7, 11) is 0. The lowest BCUT2D eigenvalue weighted by Gasteiger charge is -1.99. The number of imidazole rings is 1. The molecule has 0 N–H and O–H groups in total. The zero-order chi connectivity index (χ0) is 12.5. The number of aromatic nitrogens is 2. The minimum atomic E-state index is 0.610. The number of rotatable bonds is 3. The molecule has 0 aliphatic rings. The monoisotopic (exact) mass is 338 g/mol. The Morgan fingerprint density at radius 1 is 1.33 bits per heavy atom. The standard InChI is InChI=1S/C12H7BrN2OS2/c13-8-1-3-9(4-2-8)18-11-10(7-16)15-5-6-17-12(15)14-11/h1-7H. The molecule has 3 rings (SSSR count). The van der Waals surface area contributed by atoms with Crippen LogP contribution in [0.4, 0.5) is 0 Å². The third kappa shape index (κ3) is 2.11. The number of hydrogen-bond donors (Lipinski definition) is 0. The molecule has 0 amide bonds. The van der Waals surface area contributed by atoms with Crippen LogP contribution in [0.25, 0.3) is 4.96 Å². The van der Waals surface area contributed by atoms with Crippen LogP contribution >= 0.6 is 39.0 Å². The molecule has 0 aliphatic heterocycles. The van der Waals surface area contributed by atoms with Crippen molar-refractivity contribution in [3.8, 4) is 0 Å². The lowest BCUT2D eigenvalue weighted by atomic mass is 10.4. The molecule has 6 heteroatoms. The Bertz CT molecular complexity index is 703. The second-order valence-corrected chi connectivity index (χ2v) is 6.38. The molecule has 0 radical (unpaired) electrons. The molecular weight excluding hydrogens is 332 g/mol. The van der Waals surface area contributed by atoms with Crippen molar-refractivity contribution in [2.24, 2.45) is 0 Å². The van der Waals surface area contributed by atoms with E-state index in [4.69, 9.17) is 0 Å². The Kier molecular flexibility index (Phi) is 3.23. The van der Waals surface area contributed by atoms with Crippen molar-refractivity contribution in [1.82, 2.24) is 9.38 Å². The van der Waals surface area contributed by atoms with Crippen LogP contribution in [-0.4, -0.2) is 15.7 Å². The molecule has 0 saturated carbocycles. The highest BCUT2D eigenvalue weighted by atomic mass is 79.9. The topological polar surface area (TPSA) is 34.4 Å². The van der Waals surface area contributed by atoms with Gasteiger partial charge in [-0.2, -0.15) is 0 Å². The normalized spacial score (nSPS) is 10.9. The van der Waals surface area contributed by atoms with Crippen LogP contribution in [0, 0.1) is 0 Å². The summed E-state index contributed by atoms with van der Waals surface area (Å²) in [6.45, 7) is 0. The summed E-state index contributed by atoms with van der Waals surface area (Å²) in [6, 6.07) is 7.94. The predicted molar refractivity (Wildman–Crippen MR) is 76.7 cm³/mol. The van der Waals surface area contributed by atoms with Gasteiger partial charge in [0.1, 0.15) is 10.7 Å². The highest BCUT2D eigenvalue weighted by molar-refractivity contribution is 9.10. The van der Waals surface area contributed by atoms with E-state index in [9.17, 15) is 4.79 Å². The third-order valence-corrected chi connectivity index (χ3v) is 4.69.